The van der Waals surface area contributed by atoms with Crippen molar-refractivity contribution in [2.75, 3.05) is 0 Å². The van der Waals surface area contributed by atoms with Gasteiger partial charge in [-0.25, -0.2) is 0 Å². The third-order valence-electron chi connectivity index (χ3n) is 7.40. The number of fused-ring (bicyclic) bond motifs is 3. The molecule has 6 nitrogen and oxygen atoms in total. The number of imide groups is 1. The molecule has 0 aromatic heterocycles. The highest BCUT2D eigenvalue weighted by Crippen LogP contribution is 2.57. The van der Waals surface area contributed by atoms with Crippen LogP contribution in [0, 0.1) is 21.4 Å². The molecule has 1 unspecified atom stereocenters. The number of carbonyl (C=O) groups excluding carboxylic acids is 2. The van der Waals surface area contributed by atoms with Gasteiger partial charge in [0.2, 0.25) is 5.91 Å². The summed E-state index contributed by atoms with van der Waals surface area (Å²) in [6, 6.07) is 11.3. The fourth-order valence-corrected chi connectivity index (χ4v) is 5.98. The summed E-state index contributed by atoms with van der Waals surface area (Å²) in [4.78, 5) is 36.4. The van der Waals surface area contributed by atoms with Crippen LogP contribution < -0.4 is 5.32 Å². The smallest absolute Gasteiger partial charge is 0.269 e. The van der Waals surface area contributed by atoms with Crippen molar-refractivity contribution < 1.29 is 14.5 Å². The molecule has 2 aromatic carbocycles. The van der Waals surface area contributed by atoms with Gasteiger partial charge in [-0.05, 0) is 72.4 Å². The van der Waals surface area contributed by atoms with Gasteiger partial charge < -0.3 is 0 Å². The predicted octanol–water partition coefficient (Wildman–Crippen LogP) is 5.22. The second-order valence-corrected chi connectivity index (χ2v) is 9.60. The number of nitro benzene ring substituents is 1. The Labute approximate surface area is 186 Å². The first kappa shape index (κ1) is 21.5. The molecule has 1 fully saturated rings. The van der Waals surface area contributed by atoms with Crippen molar-refractivity contribution in [2.45, 2.75) is 51.4 Å². The van der Waals surface area contributed by atoms with Crippen molar-refractivity contribution in [1.29, 1.82) is 0 Å². The van der Waals surface area contributed by atoms with E-state index in [9.17, 15) is 19.7 Å². The third-order valence-corrected chi connectivity index (χ3v) is 7.64. The minimum Gasteiger partial charge on any atom is -0.292 e. The molecule has 0 heterocycles. The van der Waals surface area contributed by atoms with Crippen LogP contribution in [0.25, 0.3) is 0 Å². The van der Waals surface area contributed by atoms with E-state index in [1.54, 1.807) is 0 Å². The van der Waals surface area contributed by atoms with Crippen molar-refractivity contribution in [1.82, 2.24) is 5.32 Å². The molecule has 0 radical (unpaired) electrons. The maximum Gasteiger partial charge on any atom is 0.269 e. The second kappa shape index (κ2) is 7.75. The van der Waals surface area contributed by atoms with Crippen LogP contribution in [0.2, 0.25) is 5.02 Å². The molecular weight excluding hydrogens is 416 g/mol. The zero-order valence-electron chi connectivity index (χ0n) is 17.6. The molecule has 162 valence electrons. The Morgan fingerprint density at radius 2 is 1.84 bits per heavy atom. The van der Waals surface area contributed by atoms with E-state index in [1.165, 1.54) is 35.4 Å². The second-order valence-electron chi connectivity index (χ2n) is 9.17. The molecule has 1 N–H and O–H groups in total. The van der Waals surface area contributed by atoms with E-state index in [2.05, 4.69) is 18.3 Å². The highest BCUT2D eigenvalue weighted by molar-refractivity contribution is 6.30. The number of nitrogens with zero attached hydrogens (tertiary/aromatic N) is 1. The summed E-state index contributed by atoms with van der Waals surface area (Å²) in [6.45, 7) is 4.20. The summed E-state index contributed by atoms with van der Waals surface area (Å²) in [5, 5.41) is 14.1. The van der Waals surface area contributed by atoms with Gasteiger partial charge in [-0.3, -0.25) is 25.0 Å². The molecule has 0 spiro atoms. The van der Waals surface area contributed by atoms with Gasteiger partial charge in [0.1, 0.15) is 0 Å². The summed E-state index contributed by atoms with van der Waals surface area (Å²) in [7, 11) is 0. The number of carbonyl (C=O) groups is 2. The van der Waals surface area contributed by atoms with Gasteiger partial charge >= 0.3 is 0 Å². The van der Waals surface area contributed by atoms with Crippen LogP contribution in [0.5, 0.6) is 0 Å². The number of halogens is 1. The Bertz CT molecular complexity index is 1070. The van der Waals surface area contributed by atoms with Crippen molar-refractivity contribution in [3.63, 3.8) is 0 Å². The van der Waals surface area contributed by atoms with E-state index in [-0.39, 0.29) is 28.5 Å². The van der Waals surface area contributed by atoms with Crippen LogP contribution in [-0.4, -0.2) is 16.7 Å². The quantitative estimate of drug-likeness (QED) is 0.402. The number of aryl methyl sites for hydroxylation is 1. The molecule has 2 aromatic rings. The van der Waals surface area contributed by atoms with Gasteiger partial charge in [0.05, 0.1) is 10.3 Å². The zero-order chi connectivity index (χ0) is 22.4. The maximum absolute atomic E-state index is 13.4. The van der Waals surface area contributed by atoms with Crippen molar-refractivity contribution in [2.24, 2.45) is 11.3 Å². The highest BCUT2D eigenvalue weighted by Gasteiger charge is 2.55. The van der Waals surface area contributed by atoms with E-state index in [4.69, 9.17) is 11.6 Å². The average molecular weight is 441 g/mol. The largest absolute Gasteiger partial charge is 0.292 e. The van der Waals surface area contributed by atoms with E-state index in [1.807, 2.05) is 19.1 Å². The Morgan fingerprint density at radius 3 is 2.52 bits per heavy atom. The minimum atomic E-state index is -0.680. The number of nitro groups is 1. The minimum absolute atomic E-state index is 0.0983. The standard InChI is InChI=1S/C24H25ClN2O4/c1-23-12-3-13-24(2,20(23)11-6-16-14-17(25)7-10-19(16)23)22(29)26-21(28)15-4-8-18(9-5-15)27(30)31/h4-5,7-10,14,20H,3,6,11-13H2,1-2H3,(H,26,28,29)/t20?,23-,24+/m1/s1. The van der Waals surface area contributed by atoms with Crippen LogP contribution >= 0.6 is 11.6 Å². The fourth-order valence-electron chi connectivity index (χ4n) is 5.78. The number of nitrogens with one attached hydrogen (secondary N) is 1. The van der Waals surface area contributed by atoms with Crippen molar-refractivity contribution in [3.8, 4) is 0 Å². The summed E-state index contributed by atoms with van der Waals surface area (Å²) in [5.41, 5.74) is 1.80. The lowest BCUT2D eigenvalue weighted by atomic mass is 9.49. The Kier molecular flexibility index (Phi) is 5.38. The topological polar surface area (TPSA) is 89.3 Å². The van der Waals surface area contributed by atoms with Crippen LogP contribution in [-0.2, 0) is 16.6 Å². The zero-order valence-corrected chi connectivity index (χ0v) is 18.4. The molecule has 2 aliphatic rings. The van der Waals surface area contributed by atoms with E-state index < -0.39 is 16.2 Å². The molecule has 0 saturated heterocycles. The summed E-state index contributed by atoms with van der Waals surface area (Å²) < 4.78 is 0. The molecule has 7 heteroatoms. The molecular formula is C24H25ClN2O4. The van der Waals surface area contributed by atoms with E-state index >= 15 is 0 Å². The summed E-state index contributed by atoms with van der Waals surface area (Å²) >= 11 is 6.21. The molecule has 2 aliphatic carbocycles. The van der Waals surface area contributed by atoms with E-state index in [0.717, 1.165) is 37.1 Å². The van der Waals surface area contributed by atoms with Gasteiger partial charge in [-0.2, -0.15) is 0 Å². The summed E-state index contributed by atoms with van der Waals surface area (Å²) in [5.74, 6) is -0.701. The SMILES string of the molecule is C[C@]1(C(=O)NC(=O)c2ccc([N+](=O)[O-])cc2)CCC[C@]2(C)c3ccc(Cl)cc3CCC12. The van der Waals surface area contributed by atoms with Gasteiger partial charge in [0, 0.05) is 22.7 Å². The van der Waals surface area contributed by atoms with Crippen LogP contribution in [0.1, 0.15) is 61.0 Å². The van der Waals surface area contributed by atoms with Crippen LogP contribution in [0.4, 0.5) is 5.69 Å². The first-order chi connectivity index (χ1) is 14.6. The van der Waals surface area contributed by atoms with Gasteiger partial charge in [0.25, 0.3) is 11.6 Å². The lowest BCUT2D eigenvalue weighted by molar-refractivity contribution is -0.384. The first-order valence-corrected chi connectivity index (χ1v) is 10.9. The number of benzene rings is 2. The predicted molar refractivity (Wildman–Crippen MR) is 118 cm³/mol. The van der Waals surface area contributed by atoms with Gasteiger partial charge in [-0.1, -0.05) is 37.9 Å². The molecule has 3 atom stereocenters. The Morgan fingerprint density at radius 1 is 1.13 bits per heavy atom. The molecule has 4 rings (SSSR count). The lowest BCUT2D eigenvalue weighted by Crippen LogP contribution is -2.56. The van der Waals surface area contributed by atoms with Crippen molar-refractivity contribution in [3.05, 3.63) is 74.3 Å². The lowest BCUT2D eigenvalue weighted by Gasteiger charge is -2.54. The number of amides is 2. The number of hydrogen-bond donors (Lipinski definition) is 1. The fraction of sp³-hybridized carbons (Fsp3) is 0.417. The van der Waals surface area contributed by atoms with Gasteiger partial charge in [-0.15, -0.1) is 0 Å². The Balaban J connectivity index is 1.58. The number of hydrogen-bond acceptors (Lipinski definition) is 4. The average Bonchev–Trinajstić information content (AvgIpc) is 2.73. The highest BCUT2D eigenvalue weighted by atomic mass is 35.5. The number of rotatable bonds is 3. The molecule has 0 bridgehead atoms. The molecule has 0 aliphatic heterocycles. The van der Waals surface area contributed by atoms with Crippen molar-refractivity contribution >= 4 is 29.1 Å². The molecule has 1 saturated carbocycles. The van der Waals surface area contributed by atoms with E-state index in [0.29, 0.717) is 0 Å². The Hall–Kier alpha value is -2.73. The molecule has 2 amide bonds. The van der Waals surface area contributed by atoms with Crippen LogP contribution in [0.15, 0.2) is 42.5 Å². The monoisotopic (exact) mass is 440 g/mol. The summed E-state index contributed by atoms with van der Waals surface area (Å²) in [6.07, 6.45) is 4.32. The first-order valence-electron chi connectivity index (χ1n) is 10.5. The normalized spacial score (nSPS) is 27.0. The van der Waals surface area contributed by atoms with Crippen LogP contribution in [0.3, 0.4) is 0 Å². The van der Waals surface area contributed by atoms with Gasteiger partial charge in [0.15, 0.2) is 0 Å². The molecule has 31 heavy (non-hydrogen) atoms. The number of non-ortho nitro benzene ring substituents is 1. The third kappa shape index (κ3) is 3.63. The maximum atomic E-state index is 13.4.